The number of allylic oxidation sites excluding steroid dienone is 2. The Labute approximate surface area is 233 Å². The summed E-state index contributed by atoms with van der Waals surface area (Å²) >= 11 is 1.72. The second kappa shape index (κ2) is 9.89. The van der Waals surface area contributed by atoms with Gasteiger partial charge in [-0.15, -0.1) is 0 Å². The molecule has 6 rings (SSSR count). The molecule has 4 heteroatoms. The van der Waals surface area contributed by atoms with Gasteiger partial charge in [-0.3, -0.25) is 0 Å². The third-order valence-corrected chi connectivity index (χ3v) is 10.9. The van der Waals surface area contributed by atoms with Crippen molar-refractivity contribution >= 4 is 21.0 Å². The first-order valence-electron chi connectivity index (χ1n) is 12.3. The molecule has 2 aliphatic heterocycles. The van der Waals surface area contributed by atoms with E-state index >= 15 is 0 Å². The molecule has 0 radical (unpaired) electrons. The van der Waals surface area contributed by atoms with Gasteiger partial charge in [-0.05, 0) is 0 Å². The Hall–Kier alpha value is -3.27. The number of hydrogen-bond donors (Lipinski definition) is 1. The van der Waals surface area contributed by atoms with E-state index in [1.54, 1.807) is 0 Å². The summed E-state index contributed by atoms with van der Waals surface area (Å²) in [4.78, 5) is 2.54. The van der Waals surface area contributed by atoms with Crippen molar-refractivity contribution in [1.82, 2.24) is 5.32 Å². The second-order valence-electron chi connectivity index (χ2n) is 9.72. The monoisotopic (exact) mass is 609 g/mol. The van der Waals surface area contributed by atoms with Gasteiger partial charge in [0.15, 0.2) is 0 Å². The van der Waals surface area contributed by atoms with Gasteiger partial charge in [0, 0.05) is 0 Å². The van der Waals surface area contributed by atoms with E-state index in [0.717, 1.165) is 21.4 Å². The minimum absolute atomic E-state index is 0.0980. The van der Waals surface area contributed by atoms with Crippen LogP contribution in [0.2, 0.25) is 0 Å². The summed E-state index contributed by atoms with van der Waals surface area (Å²) in [6.07, 6.45) is 4.51. The zero-order chi connectivity index (χ0) is 25.4. The third kappa shape index (κ3) is 4.52. The molecule has 2 heterocycles. The molecule has 0 spiro atoms. The standard InChI is InChI=1S/C33H26IN2S/c1-33(2)27-10-6-7-11-31(27)37-32-26(18-22(20-35)19-28(32)33)23-12-14-25(15-13-23)30-17-16-29(34-21-36-30)24-8-4-3-5-9-24/h3-19,36H,21H2,1-2H3/q-1. The maximum atomic E-state index is 9.85. The van der Waals surface area contributed by atoms with Crippen LogP contribution in [0.25, 0.3) is 20.4 Å². The molecule has 0 aromatic heterocycles. The van der Waals surface area contributed by atoms with Gasteiger partial charge in [0.05, 0.1) is 0 Å². The number of alkyl halides is 1. The van der Waals surface area contributed by atoms with E-state index in [2.05, 4.69) is 122 Å². The molecular formula is C33H26IN2S-. The van der Waals surface area contributed by atoms with Crippen LogP contribution in [0.4, 0.5) is 0 Å². The zero-order valence-corrected chi connectivity index (χ0v) is 23.7. The molecule has 0 saturated carbocycles. The van der Waals surface area contributed by atoms with E-state index in [0.29, 0.717) is 5.56 Å². The Morgan fingerprint density at radius 3 is 2.32 bits per heavy atom. The molecule has 0 bridgehead atoms. The Balaban J connectivity index is 1.37. The first-order chi connectivity index (χ1) is 18.0. The van der Waals surface area contributed by atoms with Gasteiger partial charge >= 0.3 is 216 Å². The molecule has 0 fully saturated rings. The van der Waals surface area contributed by atoms with E-state index in [1.165, 1.54) is 35.6 Å². The summed E-state index contributed by atoms with van der Waals surface area (Å²) in [5, 5.41) is 13.5. The Bertz CT molecular complexity index is 1590. The zero-order valence-electron chi connectivity index (χ0n) is 20.8. The van der Waals surface area contributed by atoms with Crippen molar-refractivity contribution in [2.45, 2.75) is 29.1 Å². The number of nitriles is 1. The SMILES string of the molecule is CC1(C)c2ccccc2Sc2c(-c3ccc(C4=CC=C(c5ccccc5)[I-]CN4)cc3)cc(C#N)cc21. The van der Waals surface area contributed by atoms with Crippen LogP contribution in [0.5, 0.6) is 0 Å². The minimum atomic E-state index is -0.167. The van der Waals surface area contributed by atoms with Gasteiger partial charge in [-0.2, -0.15) is 0 Å². The van der Waals surface area contributed by atoms with Gasteiger partial charge in [-0.1, -0.05) is 18.2 Å². The van der Waals surface area contributed by atoms with Crippen molar-refractivity contribution < 1.29 is 21.2 Å². The number of nitrogens with one attached hydrogen (secondary N) is 1. The predicted molar refractivity (Wildman–Crippen MR) is 150 cm³/mol. The molecule has 37 heavy (non-hydrogen) atoms. The van der Waals surface area contributed by atoms with Crippen LogP contribution >= 0.6 is 11.8 Å². The Morgan fingerprint density at radius 2 is 1.54 bits per heavy atom. The number of nitrogens with zero attached hydrogens (tertiary/aromatic N) is 1. The van der Waals surface area contributed by atoms with E-state index in [1.807, 2.05) is 17.8 Å². The van der Waals surface area contributed by atoms with Crippen LogP contribution in [-0.2, 0) is 5.41 Å². The van der Waals surface area contributed by atoms with Crippen molar-refractivity contribution in [3.63, 3.8) is 0 Å². The number of hydrogen-bond acceptors (Lipinski definition) is 3. The molecule has 0 amide bonds. The number of rotatable bonds is 3. The maximum absolute atomic E-state index is 9.85. The fourth-order valence-electron chi connectivity index (χ4n) is 5.04. The van der Waals surface area contributed by atoms with Crippen molar-refractivity contribution in [2.75, 3.05) is 4.55 Å². The summed E-state index contributed by atoms with van der Waals surface area (Å²) in [6.45, 7) is 4.53. The molecule has 0 unspecified atom stereocenters. The summed E-state index contributed by atoms with van der Waals surface area (Å²) in [7, 11) is 0. The van der Waals surface area contributed by atoms with Crippen molar-refractivity contribution in [2.24, 2.45) is 0 Å². The molecule has 0 aliphatic carbocycles. The van der Waals surface area contributed by atoms with Gasteiger partial charge in [-0.25, -0.2) is 0 Å². The molecule has 0 atom stereocenters. The van der Waals surface area contributed by atoms with Gasteiger partial charge < -0.3 is 0 Å². The predicted octanol–water partition coefficient (Wildman–Crippen LogP) is 5.05. The van der Waals surface area contributed by atoms with E-state index in [4.69, 9.17) is 0 Å². The average molecular weight is 610 g/mol. The summed E-state index contributed by atoms with van der Waals surface area (Å²) < 4.78 is 2.47. The van der Waals surface area contributed by atoms with E-state index in [9.17, 15) is 5.26 Å². The Kier molecular flexibility index (Phi) is 6.44. The third-order valence-electron chi connectivity index (χ3n) is 7.08. The van der Waals surface area contributed by atoms with Crippen molar-refractivity contribution in [3.05, 3.63) is 131 Å². The van der Waals surface area contributed by atoms with Crippen LogP contribution in [0.15, 0.2) is 113 Å². The number of fused-ring (bicyclic) bond motifs is 2. The van der Waals surface area contributed by atoms with Crippen LogP contribution in [0.1, 0.15) is 41.7 Å². The molecule has 1 N–H and O–H groups in total. The summed E-state index contributed by atoms with van der Waals surface area (Å²) in [6, 6.07) is 34.7. The molecule has 0 saturated heterocycles. The normalized spacial score (nSPS) is 15.9. The summed E-state index contributed by atoms with van der Waals surface area (Å²) in [5.41, 5.74) is 9.03. The number of benzene rings is 4. The van der Waals surface area contributed by atoms with Crippen LogP contribution in [0, 0.1) is 11.3 Å². The van der Waals surface area contributed by atoms with Gasteiger partial charge in [0.2, 0.25) is 0 Å². The topological polar surface area (TPSA) is 35.8 Å². The number of halogens is 1. The van der Waals surface area contributed by atoms with Crippen LogP contribution in [0.3, 0.4) is 0 Å². The average Bonchev–Trinajstić information content (AvgIpc) is 3.20. The van der Waals surface area contributed by atoms with Crippen LogP contribution in [-0.4, -0.2) is 4.55 Å². The van der Waals surface area contributed by atoms with Gasteiger partial charge in [0.25, 0.3) is 0 Å². The van der Waals surface area contributed by atoms with Crippen molar-refractivity contribution in [3.8, 4) is 17.2 Å². The summed E-state index contributed by atoms with van der Waals surface area (Å²) in [5.74, 6) is 0. The molecule has 2 nitrogen and oxygen atoms in total. The molecule has 2 aliphatic rings. The second-order valence-corrected chi connectivity index (χ2v) is 13.5. The first-order valence-corrected chi connectivity index (χ1v) is 15.7. The molecule has 4 aromatic rings. The van der Waals surface area contributed by atoms with Crippen molar-refractivity contribution in [1.29, 1.82) is 5.26 Å². The van der Waals surface area contributed by atoms with E-state index < -0.39 is 0 Å². The Morgan fingerprint density at radius 1 is 0.811 bits per heavy atom. The molecule has 182 valence electrons. The molecule has 4 aromatic carbocycles. The fourth-order valence-corrected chi connectivity index (χ4v) is 8.80. The van der Waals surface area contributed by atoms with E-state index in [-0.39, 0.29) is 26.6 Å². The van der Waals surface area contributed by atoms with Crippen LogP contribution < -0.4 is 26.5 Å². The van der Waals surface area contributed by atoms with Gasteiger partial charge in [0.1, 0.15) is 0 Å². The first kappa shape index (κ1) is 24.1. The quantitative estimate of drug-likeness (QED) is 0.201. The molecular weight excluding hydrogens is 583 g/mol. The fraction of sp³-hybridized carbons (Fsp3) is 0.121.